The number of hydrogen-bond donors (Lipinski definition) is 3. The second kappa shape index (κ2) is 9.68. The molecule has 1 aromatic carbocycles. The summed E-state index contributed by atoms with van der Waals surface area (Å²) < 4.78 is 1.01. The Balaban J connectivity index is 2.32. The molecule has 28 heavy (non-hydrogen) atoms. The summed E-state index contributed by atoms with van der Waals surface area (Å²) in [6.07, 6.45) is 4.21. The van der Waals surface area contributed by atoms with Crippen molar-refractivity contribution in [3.8, 4) is 11.6 Å². The summed E-state index contributed by atoms with van der Waals surface area (Å²) in [5.74, 6) is -0.792. The molecule has 0 spiro atoms. The predicted molar refractivity (Wildman–Crippen MR) is 108 cm³/mol. The Morgan fingerprint density at radius 2 is 1.93 bits per heavy atom. The molecule has 0 aliphatic rings. The van der Waals surface area contributed by atoms with Crippen LogP contribution in [0.3, 0.4) is 0 Å². The molecule has 0 aliphatic carbocycles. The molecule has 3 N–H and O–H groups in total. The fourth-order valence-electron chi connectivity index (χ4n) is 2.86. The number of para-hydroxylation sites is 1. The van der Waals surface area contributed by atoms with Crippen molar-refractivity contribution in [3.05, 3.63) is 56.2 Å². The zero-order valence-electron chi connectivity index (χ0n) is 16.4. The number of H-pyrrole nitrogens is 1. The number of rotatable bonds is 8. The van der Waals surface area contributed by atoms with Crippen LogP contribution in [-0.2, 0) is 4.79 Å². The van der Waals surface area contributed by atoms with E-state index in [2.05, 4.69) is 22.4 Å². The lowest BCUT2D eigenvalue weighted by molar-refractivity contribution is -0.121. The molecule has 1 amide bonds. The number of hydrazone groups is 1. The van der Waals surface area contributed by atoms with E-state index >= 15 is 0 Å². The lowest BCUT2D eigenvalue weighted by Gasteiger charge is -2.13. The third-order valence-corrected chi connectivity index (χ3v) is 4.41. The second-order valence-corrected chi connectivity index (χ2v) is 6.62. The van der Waals surface area contributed by atoms with Crippen molar-refractivity contribution in [2.75, 3.05) is 0 Å². The Morgan fingerprint density at radius 3 is 2.61 bits per heavy atom. The first-order valence-corrected chi connectivity index (χ1v) is 9.34. The zero-order chi connectivity index (χ0) is 20.7. The van der Waals surface area contributed by atoms with Gasteiger partial charge in [0.05, 0.1) is 11.4 Å². The minimum Gasteiger partial charge on any atom is -0.493 e. The molecular formula is C20H26N4O4. The lowest BCUT2D eigenvalue weighted by Crippen LogP contribution is -2.33. The summed E-state index contributed by atoms with van der Waals surface area (Å²) in [5.41, 5.74) is 1.98. The molecule has 0 aliphatic heterocycles. The van der Waals surface area contributed by atoms with Crippen molar-refractivity contribution in [1.29, 1.82) is 0 Å². The van der Waals surface area contributed by atoms with Crippen molar-refractivity contribution in [3.63, 3.8) is 0 Å². The van der Waals surface area contributed by atoms with Gasteiger partial charge in [-0.3, -0.25) is 14.6 Å². The first-order chi connectivity index (χ1) is 13.4. The van der Waals surface area contributed by atoms with Crippen LogP contribution in [0.15, 0.2) is 39.0 Å². The molecule has 0 saturated heterocycles. The number of aromatic nitrogens is 2. The smallest absolute Gasteiger partial charge is 0.335 e. The van der Waals surface area contributed by atoms with Crippen molar-refractivity contribution >= 4 is 11.6 Å². The lowest BCUT2D eigenvalue weighted by atomic mass is 10.1. The van der Waals surface area contributed by atoms with E-state index in [1.54, 1.807) is 31.2 Å². The van der Waals surface area contributed by atoms with Gasteiger partial charge in [0.25, 0.3) is 5.56 Å². The van der Waals surface area contributed by atoms with Crippen LogP contribution in [0.2, 0.25) is 0 Å². The molecule has 0 fully saturated rings. The first kappa shape index (κ1) is 21.1. The standard InChI is InChI=1S/C20H26N4O4/c1-4-5-6-7-12-16(25)23-22-14(3)17-18(26)21-20(28)24(19(17)27)15-11-9-8-10-13(15)2/h8-11,27H,4-7,12H2,1-3H3,(H,23,25)(H,21,26,28)/b22-14+. The van der Waals surface area contributed by atoms with Crippen LogP contribution in [0.4, 0.5) is 0 Å². The first-order valence-electron chi connectivity index (χ1n) is 9.34. The topological polar surface area (TPSA) is 117 Å². The van der Waals surface area contributed by atoms with Gasteiger partial charge in [-0.2, -0.15) is 5.10 Å². The quantitative estimate of drug-likeness (QED) is 0.367. The molecule has 2 rings (SSSR count). The van der Waals surface area contributed by atoms with Crippen LogP contribution >= 0.6 is 0 Å². The monoisotopic (exact) mass is 386 g/mol. The second-order valence-electron chi connectivity index (χ2n) is 6.62. The minimum atomic E-state index is -0.772. The molecule has 0 bridgehead atoms. The van der Waals surface area contributed by atoms with E-state index < -0.39 is 17.1 Å². The zero-order valence-corrected chi connectivity index (χ0v) is 16.4. The number of aryl methyl sites for hydroxylation is 1. The maximum Gasteiger partial charge on any atom is 0.335 e. The number of unbranched alkanes of at least 4 members (excludes halogenated alkanes) is 3. The summed E-state index contributed by atoms with van der Waals surface area (Å²) in [7, 11) is 0. The average molecular weight is 386 g/mol. The van der Waals surface area contributed by atoms with Gasteiger partial charge in [-0.25, -0.2) is 14.8 Å². The number of carbonyl (C=O) groups is 1. The minimum absolute atomic E-state index is 0.1000. The Morgan fingerprint density at radius 1 is 1.21 bits per heavy atom. The van der Waals surface area contributed by atoms with E-state index in [4.69, 9.17) is 0 Å². The predicted octanol–water partition coefficient (Wildman–Crippen LogP) is 2.35. The molecule has 0 unspecified atom stereocenters. The van der Waals surface area contributed by atoms with Gasteiger partial charge in [-0.1, -0.05) is 44.4 Å². The summed E-state index contributed by atoms with van der Waals surface area (Å²) in [4.78, 5) is 38.6. The van der Waals surface area contributed by atoms with Crippen molar-refractivity contribution < 1.29 is 9.90 Å². The molecule has 1 aromatic heterocycles. The van der Waals surface area contributed by atoms with Gasteiger partial charge in [-0.15, -0.1) is 0 Å². The highest BCUT2D eigenvalue weighted by Gasteiger charge is 2.19. The number of nitrogens with one attached hydrogen (secondary N) is 2. The number of carbonyl (C=O) groups excluding carboxylic acids is 1. The normalized spacial score (nSPS) is 11.5. The van der Waals surface area contributed by atoms with Gasteiger partial charge in [-0.05, 0) is 31.9 Å². The van der Waals surface area contributed by atoms with E-state index in [-0.39, 0.29) is 17.2 Å². The van der Waals surface area contributed by atoms with Gasteiger partial charge in [0.15, 0.2) is 0 Å². The molecule has 8 heteroatoms. The van der Waals surface area contributed by atoms with Crippen molar-refractivity contribution in [2.45, 2.75) is 52.9 Å². The molecule has 0 radical (unpaired) electrons. The van der Waals surface area contributed by atoms with Gasteiger partial charge < -0.3 is 5.11 Å². The molecule has 8 nitrogen and oxygen atoms in total. The van der Waals surface area contributed by atoms with Gasteiger partial charge >= 0.3 is 5.69 Å². The van der Waals surface area contributed by atoms with E-state index in [1.807, 2.05) is 0 Å². The van der Waals surface area contributed by atoms with E-state index in [0.717, 1.165) is 35.8 Å². The fraction of sp³-hybridized carbons (Fsp3) is 0.400. The van der Waals surface area contributed by atoms with E-state index in [1.165, 1.54) is 6.92 Å². The largest absolute Gasteiger partial charge is 0.493 e. The highest BCUT2D eigenvalue weighted by atomic mass is 16.3. The Labute approximate surface area is 162 Å². The third-order valence-electron chi connectivity index (χ3n) is 4.41. The van der Waals surface area contributed by atoms with Gasteiger partial charge in [0.2, 0.25) is 11.8 Å². The number of nitrogens with zero attached hydrogens (tertiary/aromatic N) is 2. The number of benzene rings is 1. The van der Waals surface area contributed by atoms with Crippen LogP contribution in [0.1, 0.15) is 57.1 Å². The molecule has 0 saturated carbocycles. The van der Waals surface area contributed by atoms with Crippen LogP contribution in [0.25, 0.3) is 5.69 Å². The third kappa shape index (κ3) is 4.97. The number of amides is 1. The van der Waals surface area contributed by atoms with Gasteiger partial charge in [0.1, 0.15) is 5.56 Å². The molecule has 150 valence electrons. The summed E-state index contributed by atoms with van der Waals surface area (Å²) in [5, 5.41) is 14.5. The van der Waals surface area contributed by atoms with Crippen LogP contribution in [0.5, 0.6) is 5.88 Å². The Bertz CT molecular complexity index is 988. The van der Waals surface area contributed by atoms with Crippen LogP contribution in [-0.4, -0.2) is 26.3 Å². The summed E-state index contributed by atoms with van der Waals surface area (Å²) >= 11 is 0. The molecule has 1 heterocycles. The van der Waals surface area contributed by atoms with E-state index in [0.29, 0.717) is 12.1 Å². The molecular weight excluding hydrogens is 360 g/mol. The number of aromatic amines is 1. The maximum absolute atomic E-state index is 12.3. The van der Waals surface area contributed by atoms with Gasteiger partial charge in [0, 0.05) is 6.42 Å². The van der Waals surface area contributed by atoms with Crippen LogP contribution < -0.4 is 16.7 Å². The fourth-order valence-corrected chi connectivity index (χ4v) is 2.86. The van der Waals surface area contributed by atoms with E-state index in [9.17, 15) is 19.5 Å². The average Bonchev–Trinajstić information content (AvgIpc) is 2.64. The number of hydrogen-bond acceptors (Lipinski definition) is 5. The van der Waals surface area contributed by atoms with Crippen LogP contribution in [0, 0.1) is 6.92 Å². The Hall–Kier alpha value is -3.16. The SMILES string of the molecule is CCCCCCC(=O)N/N=C(\C)c1c(O)n(-c2ccccc2C)c(=O)[nH]c1=O. The highest BCUT2D eigenvalue weighted by molar-refractivity contribution is 6.00. The molecule has 0 atom stereocenters. The molecule has 2 aromatic rings. The van der Waals surface area contributed by atoms with Crippen molar-refractivity contribution in [1.82, 2.24) is 15.0 Å². The summed E-state index contributed by atoms with van der Waals surface area (Å²) in [6.45, 7) is 5.36. The maximum atomic E-state index is 12.3. The highest BCUT2D eigenvalue weighted by Crippen LogP contribution is 2.19. The van der Waals surface area contributed by atoms with Crippen molar-refractivity contribution in [2.24, 2.45) is 5.10 Å². The number of aromatic hydroxyl groups is 1. The summed E-state index contributed by atoms with van der Waals surface area (Å²) in [6, 6.07) is 6.96. The Kier molecular flexibility index (Phi) is 7.31.